The van der Waals surface area contributed by atoms with Gasteiger partial charge < -0.3 is 21.1 Å². The molecule has 1 heterocycles. The fourth-order valence-corrected chi connectivity index (χ4v) is 2.53. The van der Waals surface area contributed by atoms with Gasteiger partial charge >= 0.3 is 6.03 Å². The quantitative estimate of drug-likeness (QED) is 0.792. The van der Waals surface area contributed by atoms with Crippen LogP contribution in [0.5, 0.6) is 0 Å². The summed E-state index contributed by atoms with van der Waals surface area (Å²) in [5, 5.41) is 6.08. The summed E-state index contributed by atoms with van der Waals surface area (Å²) in [7, 11) is 0. The van der Waals surface area contributed by atoms with Crippen LogP contribution in [0.15, 0.2) is 24.3 Å². The smallest absolute Gasteiger partial charge is 0.316 e. The predicted octanol–water partition coefficient (Wildman–Crippen LogP) is 2.94. The van der Waals surface area contributed by atoms with Crippen LogP contribution in [0, 0.1) is 0 Å². The van der Waals surface area contributed by atoms with Crippen LogP contribution in [-0.4, -0.2) is 24.3 Å². The van der Waals surface area contributed by atoms with Crippen LogP contribution in [-0.2, 0) is 4.74 Å². The van der Waals surface area contributed by atoms with E-state index in [4.69, 9.17) is 10.5 Å². The molecule has 5 heteroatoms. The van der Waals surface area contributed by atoms with Gasteiger partial charge in [0.05, 0.1) is 5.60 Å². The van der Waals surface area contributed by atoms with E-state index in [9.17, 15) is 4.79 Å². The SMILES string of the molecule is CCC1(C)CC(Nc2ccc(NC(N)=O)cc2)CCO1. The van der Waals surface area contributed by atoms with E-state index in [0.717, 1.165) is 31.6 Å². The maximum Gasteiger partial charge on any atom is 0.316 e. The number of hydrogen-bond acceptors (Lipinski definition) is 3. The number of anilines is 2. The summed E-state index contributed by atoms with van der Waals surface area (Å²) in [5.74, 6) is 0. The van der Waals surface area contributed by atoms with Gasteiger partial charge in [0.15, 0.2) is 0 Å². The molecule has 1 aliphatic rings. The minimum Gasteiger partial charge on any atom is -0.382 e. The summed E-state index contributed by atoms with van der Waals surface area (Å²) in [5.41, 5.74) is 6.80. The molecule has 5 nitrogen and oxygen atoms in total. The zero-order chi connectivity index (χ0) is 14.6. The van der Waals surface area contributed by atoms with Crippen molar-refractivity contribution in [3.05, 3.63) is 24.3 Å². The molecule has 1 aliphatic heterocycles. The zero-order valence-corrected chi connectivity index (χ0v) is 12.1. The van der Waals surface area contributed by atoms with E-state index in [1.807, 2.05) is 24.3 Å². The summed E-state index contributed by atoms with van der Waals surface area (Å²) < 4.78 is 5.84. The van der Waals surface area contributed by atoms with Crippen molar-refractivity contribution in [3.63, 3.8) is 0 Å². The summed E-state index contributed by atoms with van der Waals surface area (Å²) in [4.78, 5) is 10.8. The third-order valence-electron chi connectivity index (χ3n) is 3.87. The van der Waals surface area contributed by atoms with Gasteiger partial charge in [0.25, 0.3) is 0 Å². The van der Waals surface area contributed by atoms with E-state index >= 15 is 0 Å². The lowest BCUT2D eigenvalue weighted by Gasteiger charge is -2.38. The summed E-state index contributed by atoms with van der Waals surface area (Å²) in [6.45, 7) is 5.12. The standard InChI is InChI=1S/C15H23N3O2/c1-3-15(2)10-13(8-9-20-15)17-11-4-6-12(7-5-11)18-14(16)19/h4-7,13,17H,3,8-10H2,1-2H3,(H3,16,18,19). The van der Waals surface area contributed by atoms with Gasteiger partial charge in [-0.05, 0) is 50.5 Å². The second-order valence-electron chi connectivity index (χ2n) is 5.55. The third kappa shape index (κ3) is 3.87. The van der Waals surface area contributed by atoms with Crippen molar-refractivity contribution in [1.29, 1.82) is 0 Å². The number of urea groups is 1. The number of rotatable bonds is 4. The molecule has 2 atom stereocenters. The third-order valence-corrected chi connectivity index (χ3v) is 3.87. The maximum absolute atomic E-state index is 10.8. The molecular formula is C15H23N3O2. The van der Waals surface area contributed by atoms with E-state index in [1.54, 1.807) is 0 Å². The lowest BCUT2D eigenvalue weighted by molar-refractivity contribution is -0.0708. The number of nitrogens with two attached hydrogens (primary N) is 1. The number of hydrogen-bond donors (Lipinski definition) is 3. The summed E-state index contributed by atoms with van der Waals surface area (Å²) >= 11 is 0. The fraction of sp³-hybridized carbons (Fsp3) is 0.533. The Kier molecular flexibility index (Phi) is 4.49. The monoisotopic (exact) mass is 277 g/mol. The Bertz CT molecular complexity index is 461. The van der Waals surface area contributed by atoms with Gasteiger partial charge in [0, 0.05) is 24.0 Å². The van der Waals surface area contributed by atoms with Crippen LogP contribution in [0.3, 0.4) is 0 Å². The van der Waals surface area contributed by atoms with Gasteiger partial charge in [-0.15, -0.1) is 0 Å². The molecular weight excluding hydrogens is 254 g/mol. The molecule has 1 aromatic carbocycles. The Balaban J connectivity index is 1.94. The van der Waals surface area contributed by atoms with Gasteiger partial charge in [-0.25, -0.2) is 4.79 Å². The van der Waals surface area contributed by atoms with Crippen LogP contribution < -0.4 is 16.4 Å². The second-order valence-corrected chi connectivity index (χ2v) is 5.55. The fourth-order valence-electron chi connectivity index (χ4n) is 2.53. The van der Waals surface area contributed by atoms with Gasteiger partial charge in [-0.2, -0.15) is 0 Å². The molecule has 0 bridgehead atoms. The minimum absolute atomic E-state index is 0.0244. The highest BCUT2D eigenvalue weighted by atomic mass is 16.5. The van der Waals surface area contributed by atoms with Crippen molar-refractivity contribution in [1.82, 2.24) is 0 Å². The van der Waals surface area contributed by atoms with Gasteiger partial charge in [0.2, 0.25) is 0 Å². The first-order chi connectivity index (χ1) is 9.50. The molecule has 2 amide bonds. The number of carbonyl (C=O) groups excluding carboxylic acids is 1. The lowest BCUT2D eigenvalue weighted by atomic mass is 9.90. The van der Waals surface area contributed by atoms with E-state index in [-0.39, 0.29) is 5.60 Å². The molecule has 1 aromatic rings. The van der Waals surface area contributed by atoms with Crippen LogP contribution >= 0.6 is 0 Å². The molecule has 0 aliphatic carbocycles. The van der Waals surface area contributed by atoms with Crippen LogP contribution in [0.2, 0.25) is 0 Å². The van der Waals surface area contributed by atoms with Gasteiger partial charge in [-0.1, -0.05) is 6.92 Å². The number of nitrogens with one attached hydrogen (secondary N) is 2. The molecule has 4 N–H and O–H groups in total. The Morgan fingerprint density at radius 1 is 1.40 bits per heavy atom. The summed E-state index contributed by atoms with van der Waals surface area (Å²) in [6.07, 6.45) is 3.04. The molecule has 0 spiro atoms. The first-order valence-electron chi connectivity index (χ1n) is 7.08. The van der Waals surface area contributed by atoms with E-state index in [1.165, 1.54) is 0 Å². The topological polar surface area (TPSA) is 76.4 Å². The Labute approximate surface area is 119 Å². The molecule has 2 unspecified atom stereocenters. The lowest BCUT2D eigenvalue weighted by Crippen LogP contribution is -2.41. The van der Waals surface area contributed by atoms with Crippen LogP contribution in [0.1, 0.15) is 33.1 Å². The van der Waals surface area contributed by atoms with E-state index in [0.29, 0.717) is 11.7 Å². The largest absolute Gasteiger partial charge is 0.382 e. The maximum atomic E-state index is 10.8. The summed E-state index contributed by atoms with van der Waals surface area (Å²) in [6, 6.07) is 7.45. The van der Waals surface area contributed by atoms with Crippen molar-refractivity contribution in [2.24, 2.45) is 5.73 Å². The van der Waals surface area contributed by atoms with Gasteiger partial charge in [0.1, 0.15) is 0 Å². The predicted molar refractivity (Wildman–Crippen MR) is 80.9 cm³/mol. The number of primary amides is 1. The molecule has 0 saturated carbocycles. The molecule has 1 saturated heterocycles. The highest BCUT2D eigenvalue weighted by Crippen LogP contribution is 2.29. The Morgan fingerprint density at radius 3 is 2.65 bits per heavy atom. The normalized spacial score (nSPS) is 26.0. The number of ether oxygens (including phenoxy) is 1. The van der Waals surface area contributed by atoms with E-state index in [2.05, 4.69) is 24.5 Å². The van der Waals surface area contributed by atoms with Crippen molar-refractivity contribution in [3.8, 4) is 0 Å². The first-order valence-corrected chi connectivity index (χ1v) is 7.08. The van der Waals surface area contributed by atoms with Crippen molar-refractivity contribution >= 4 is 17.4 Å². The highest BCUT2D eigenvalue weighted by Gasteiger charge is 2.31. The number of amides is 2. The molecule has 2 rings (SSSR count). The molecule has 110 valence electrons. The Morgan fingerprint density at radius 2 is 2.05 bits per heavy atom. The average molecular weight is 277 g/mol. The van der Waals surface area contributed by atoms with Crippen LogP contribution in [0.25, 0.3) is 0 Å². The van der Waals surface area contributed by atoms with Gasteiger partial charge in [-0.3, -0.25) is 0 Å². The zero-order valence-electron chi connectivity index (χ0n) is 12.1. The highest BCUT2D eigenvalue weighted by molar-refractivity contribution is 5.87. The number of benzene rings is 1. The average Bonchev–Trinajstić information content (AvgIpc) is 2.41. The van der Waals surface area contributed by atoms with E-state index < -0.39 is 6.03 Å². The second kappa shape index (κ2) is 6.13. The van der Waals surface area contributed by atoms with Crippen molar-refractivity contribution < 1.29 is 9.53 Å². The minimum atomic E-state index is -0.547. The van der Waals surface area contributed by atoms with Crippen molar-refractivity contribution in [2.75, 3.05) is 17.2 Å². The van der Waals surface area contributed by atoms with Crippen LogP contribution in [0.4, 0.5) is 16.2 Å². The first kappa shape index (κ1) is 14.7. The Hall–Kier alpha value is -1.75. The van der Waals surface area contributed by atoms with Crippen molar-refractivity contribution in [2.45, 2.75) is 44.8 Å². The molecule has 0 radical (unpaired) electrons. The molecule has 1 fully saturated rings. The number of carbonyl (C=O) groups is 1. The molecule has 0 aromatic heterocycles. The molecule has 20 heavy (non-hydrogen) atoms.